The number of rotatable bonds is 6. The topological polar surface area (TPSA) is 89.9 Å². The SMILES string of the molecule is CN=C(NCCCNS(C)(=O)=O)N1CCN(c2ccccn2)CC1. The Labute approximate surface area is 144 Å². The Balaban J connectivity index is 1.73. The summed E-state index contributed by atoms with van der Waals surface area (Å²) < 4.78 is 24.5. The Kier molecular flexibility index (Phi) is 6.80. The molecule has 0 radical (unpaired) electrons. The third-order valence-electron chi connectivity index (χ3n) is 3.77. The van der Waals surface area contributed by atoms with Gasteiger partial charge in [0.05, 0.1) is 6.26 Å². The molecule has 0 amide bonds. The fourth-order valence-corrected chi connectivity index (χ4v) is 3.08. The number of piperazine rings is 1. The average Bonchev–Trinajstić information content (AvgIpc) is 2.58. The van der Waals surface area contributed by atoms with E-state index < -0.39 is 10.0 Å². The van der Waals surface area contributed by atoms with Gasteiger partial charge in [-0.2, -0.15) is 0 Å². The van der Waals surface area contributed by atoms with Crippen molar-refractivity contribution < 1.29 is 8.42 Å². The van der Waals surface area contributed by atoms with Crippen molar-refractivity contribution >= 4 is 21.8 Å². The summed E-state index contributed by atoms with van der Waals surface area (Å²) in [5, 5.41) is 3.29. The van der Waals surface area contributed by atoms with Gasteiger partial charge in [0, 0.05) is 52.5 Å². The number of anilines is 1. The van der Waals surface area contributed by atoms with Crippen molar-refractivity contribution in [3.05, 3.63) is 24.4 Å². The highest BCUT2D eigenvalue weighted by Gasteiger charge is 2.20. The first kappa shape index (κ1) is 18.5. The second-order valence-corrected chi connectivity index (χ2v) is 7.49. The summed E-state index contributed by atoms with van der Waals surface area (Å²) >= 11 is 0. The summed E-state index contributed by atoms with van der Waals surface area (Å²) in [7, 11) is -1.35. The number of aliphatic imine (C=N–C) groups is 1. The van der Waals surface area contributed by atoms with E-state index in [1.165, 1.54) is 6.26 Å². The molecule has 0 aliphatic carbocycles. The Hall–Kier alpha value is -1.87. The molecule has 1 aliphatic rings. The molecule has 2 rings (SSSR count). The highest BCUT2D eigenvalue weighted by Crippen LogP contribution is 2.12. The van der Waals surface area contributed by atoms with E-state index in [9.17, 15) is 8.42 Å². The Morgan fingerprint density at radius 1 is 1.25 bits per heavy atom. The van der Waals surface area contributed by atoms with Crippen molar-refractivity contribution in [2.45, 2.75) is 6.42 Å². The van der Waals surface area contributed by atoms with E-state index in [4.69, 9.17) is 0 Å². The maximum Gasteiger partial charge on any atom is 0.208 e. The van der Waals surface area contributed by atoms with Crippen molar-refractivity contribution in [1.29, 1.82) is 0 Å². The number of hydrogen-bond acceptors (Lipinski definition) is 5. The van der Waals surface area contributed by atoms with Crippen molar-refractivity contribution in [3.63, 3.8) is 0 Å². The van der Waals surface area contributed by atoms with Crippen LogP contribution in [0.1, 0.15) is 6.42 Å². The van der Waals surface area contributed by atoms with Gasteiger partial charge in [-0.25, -0.2) is 18.1 Å². The molecule has 1 aromatic rings. The van der Waals surface area contributed by atoms with Gasteiger partial charge in [-0.15, -0.1) is 0 Å². The molecular weight excluding hydrogens is 328 g/mol. The highest BCUT2D eigenvalue weighted by molar-refractivity contribution is 7.88. The van der Waals surface area contributed by atoms with Crippen LogP contribution >= 0.6 is 0 Å². The number of nitrogens with one attached hydrogen (secondary N) is 2. The molecule has 0 spiro atoms. The van der Waals surface area contributed by atoms with Crippen LogP contribution in [0.2, 0.25) is 0 Å². The first-order chi connectivity index (χ1) is 11.5. The molecule has 1 saturated heterocycles. The molecule has 2 N–H and O–H groups in total. The van der Waals surface area contributed by atoms with Crippen LogP contribution in [0.5, 0.6) is 0 Å². The fourth-order valence-electron chi connectivity index (χ4n) is 2.57. The zero-order valence-corrected chi connectivity index (χ0v) is 15.1. The molecule has 0 aromatic carbocycles. The van der Waals surface area contributed by atoms with Gasteiger partial charge >= 0.3 is 0 Å². The number of sulfonamides is 1. The minimum absolute atomic E-state index is 0.427. The van der Waals surface area contributed by atoms with Crippen LogP contribution in [0.15, 0.2) is 29.4 Å². The highest BCUT2D eigenvalue weighted by atomic mass is 32.2. The molecule has 9 heteroatoms. The van der Waals surface area contributed by atoms with Gasteiger partial charge in [-0.3, -0.25) is 4.99 Å². The first-order valence-corrected chi connectivity index (χ1v) is 9.95. The van der Waals surface area contributed by atoms with Crippen LogP contribution < -0.4 is 14.9 Å². The zero-order valence-electron chi connectivity index (χ0n) is 14.3. The molecule has 0 bridgehead atoms. The minimum atomic E-state index is -3.11. The molecule has 1 aromatic heterocycles. The molecule has 0 atom stereocenters. The van der Waals surface area contributed by atoms with Crippen molar-refractivity contribution in [2.24, 2.45) is 4.99 Å². The lowest BCUT2D eigenvalue weighted by atomic mass is 10.3. The van der Waals surface area contributed by atoms with E-state index in [1.54, 1.807) is 7.05 Å². The fraction of sp³-hybridized carbons (Fsp3) is 0.600. The Morgan fingerprint density at radius 2 is 2.00 bits per heavy atom. The number of pyridine rings is 1. The molecule has 1 fully saturated rings. The molecule has 8 nitrogen and oxygen atoms in total. The first-order valence-electron chi connectivity index (χ1n) is 8.06. The summed E-state index contributed by atoms with van der Waals surface area (Å²) in [6.07, 6.45) is 3.69. The van der Waals surface area contributed by atoms with Gasteiger partial charge in [0.1, 0.15) is 5.82 Å². The van der Waals surface area contributed by atoms with Crippen LogP contribution in [-0.4, -0.2) is 76.8 Å². The number of aromatic nitrogens is 1. The van der Waals surface area contributed by atoms with Gasteiger partial charge in [-0.05, 0) is 18.6 Å². The average molecular weight is 354 g/mol. The van der Waals surface area contributed by atoms with E-state index in [-0.39, 0.29) is 0 Å². The molecule has 0 saturated carbocycles. The van der Waals surface area contributed by atoms with Gasteiger partial charge in [-0.1, -0.05) is 6.07 Å². The largest absolute Gasteiger partial charge is 0.356 e. The monoisotopic (exact) mass is 354 g/mol. The van der Waals surface area contributed by atoms with Crippen LogP contribution in [-0.2, 0) is 10.0 Å². The van der Waals surface area contributed by atoms with E-state index in [0.717, 1.165) is 38.0 Å². The summed E-state index contributed by atoms with van der Waals surface area (Å²) in [4.78, 5) is 13.2. The number of hydrogen-bond donors (Lipinski definition) is 2. The van der Waals surface area contributed by atoms with E-state index in [1.807, 2.05) is 24.4 Å². The third-order valence-corrected chi connectivity index (χ3v) is 4.49. The normalized spacial score (nSPS) is 16.3. The molecule has 1 aliphatic heterocycles. The van der Waals surface area contributed by atoms with Crippen LogP contribution in [0, 0.1) is 0 Å². The van der Waals surface area contributed by atoms with Gasteiger partial charge in [0.2, 0.25) is 10.0 Å². The third kappa shape index (κ3) is 5.97. The standard InChI is InChI=1S/C15H26N6O2S/c1-16-15(18-8-5-9-19-24(2,22)23)21-12-10-20(11-13-21)14-6-3-4-7-17-14/h3-4,6-7,19H,5,8-13H2,1-2H3,(H,16,18). The lowest BCUT2D eigenvalue weighted by Crippen LogP contribution is -2.53. The zero-order chi connectivity index (χ0) is 17.4. The van der Waals surface area contributed by atoms with E-state index in [2.05, 4.69) is 29.8 Å². The van der Waals surface area contributed by atoms with Gasteiger partial charge in [0.25, 0.3) is 0 Å². The van der Waals surface area contributed by atoms with Crippen molar-refractivity contribution in [1.82, 2.24) is 19.9 Å². The van der Waals surface area contributed by atoms with Gasteiger partial charge in [0.15, 0.2) is 5.96 Å². The van der Waals surface area contributed by atoms with Crippen LogP contribution in [0.3, 0.4) is 0 Å². The molecule has 24 heavy (non-hydrogen) atoms. The Bertz CT molecular complexity index is 627. The van der Waals surface area contributed by atoms with Crippen LogP contribution in [0.4, 0.5) is 5.82 Å². The maximum atomic E-state index is 11.0. The van der Waals surface area contributed by atoms with Crippen molar-refractivity contribution in [2.75, 3.05) is 57.5 Å². The summed E-state index contributed by atoms with van der Waals surface area (Å²) in [5.41, 5.74) is 0. The molecule has 0 unspecified atom stereocenters. The molecule has 134 valence electrons. The summed E-state index contributed by atoms with van der Waals surface area (Å²) in [6.45, 7) is 4.64. The minimum Gasteiger partial charge on any atom is -0.356 e. The van der Waals surface area contributed by atoms with Crippen molar-refractivity contribution in [3.8, 4) is 0 Å². The van der Waals surface area contributed by atoms with Gasteiger partial charge < -0.3 is 15.1 Å². The van der Waals surface area contributed by atoms with E-state index in [0.29, 0.717) is 19.5 Å². The second kappa shape index (κ2) is 8.84. The number of guanidine groups is 1. The lowest BCUT2D eigenvalue weighted by Gasteiger charge is -2.37. The molecule has 2 heterocycles. The van der Waals surface area contributed by atoms with E-state index >= 15 is 0 Å². The second-order valence-electron chi connectivity index (χ2n) is 5.66. The smallest absolute Gasteiger partial charge is 0.208 e. The molecular formula is C15H26N6O2S. The maximum absolute atomic E-state index is 11.0. The predicted molar refractivity (Wildman–Crippen MR) is 96.8 cm³/mol. The summed E-state index contributed by atoms with van der Waals surface area (Å²) in [5.74, 6) is 1.86. The summed E-state index contributed by atoms with van der Waals surface area (Å²) in [6, 6.07) is 5.95. The Morgan fingerprint density at radius 3 is 2.58 bits per heavy atom. The number of nitrogens with zero attached hydrogens (tertiary/aromatic N) is 4. The van der Waals surface area contributed by atoms with Crippen LogP contribution in [0.25, 0.3) is 0 Å². The predicted octanol–water partition coefficient (Wildman–Crippen LogP) is -0.282. The quantitative estimate of drug-likeness (QED) is 0.415. The lowest BCUT2D eigenvalue weighted by molar-refractivity contribution is 0.371.